The predicted molar refractivity (Wildman–Crippen MR) is 83.7 cm³/mol. The Labute approximate surface area is 125 Å². The van der Waals surface area contributed by atoms with Gasteiger partial charge in [0.1, 0.15) is 11.5 Å². The Morgan fingerprint density at radius 2 is 1.82 bits per heavy atom. The molecule has 0 fully saturated rings. The summed E-state index contributed by atoms with van der Waals surface area (Å²) >= 11 is 0. The number of anilines is 1. The molecule has 0 aliphatic heterocycles. The van der Waals surface area contributed by atoms with Crippen molar-refractivity contribution in [2.24, 2.45) is 0 Å². The Hall–Kier alpha value is -2.95. The van der Waals surface area contributed by atoms with Crippen LogP contribution in [0.5, 0.6) is 0 Å². The number of carbonyl (C=O) groups excluding carboxylic acids is 1. The first kappa shape index (κ1) is 14.0. The number of hydrogen-bond donors (Lipinski definition) is 2. The average molecular weight is 296 g/mol. The molecule has 4 nitrogen and oxygen atoms in total. The molecule has 3 rings (SSSR count). The van der Waals surface area contributed by atoms with Gasteiger partial charge in [-0.2, -0.15) is 0 Å². The lowest BCUT2D eigenvalue weighted by atomic mass is 10.1. The van der Waals surface area contributed by atoms with E-state index in [1.165, 1.54) is 24.3 Å². The molecular formula is C17H13FN2O2. The highest BCUT2D eigenvalue weighted by Crippen LogP contribution is 2.14. The number of aromatic nitrogens is 1. The van der Waals surface area contributed by atoms with Crippen molar-refractivity contribution in [3.05, 3.63) is 76.0 Å². The van der Waals surface area contributed by atoms with Gasteiger partial charge in [-0.25, -0.2) is 4.39 Å². The Morgan fingerprint density at radius 3 is 2.55 bits per heavy atom. The molecule has 3 aromatic rings. The SMILES string of the molecule is Cc1ccc(NC(=O)c2cc3cc(F)ccc3c(=O)[nH]2)cc1. The van der Waals surface area contributed by atoms with Gasteiger partial charge in [0.05, 0.1) is 0 Å². The maximum Gasteiger partial charge on any atom is 0.272 e. The molecule has 0 aliphatic carbocycles. The fourth-order valence-electron chi connectivity index (χ4n) is 2.20. The number of aromatic amines is 1. The van der Waals surface area contributed by atoms with Crippen LogP contribution in [0.3, 0.4) is 0 Å². The van der Waals surface area contributed by atoms with E-state index in [4.69, 9.17) is 0 Å². The number of nitrogens with one attached hydrogen (secondary N) is 2. The van der Waals surface area contributed by atoms with Crippen LogP contribution in [0.4, 0.5) is 10.1 Å². The average Bonchev–Trinajstić information content (AvgIpc) is 2.49. The number of halogens is 1. The molecule has 1 amide bonds. The van der Waals surface area contributed by atoms with Crippen molar-refractivity contribution in [3.63, 3.8) is 0 Å². The molecule has 0 atom stereocenters. The number of fused-ring (bicyclic) bond motifs is 1. The Morgan fingerprint density at radius 1 is 1.09 bits per heavy atom. The minimum atomic E-state index is -0.456. The Kier molecular flexibility index (Phi) is 3.47. The van der Waals surface area contributed by atoms with Gasteiger partial charge in [0.2, 0.25) is 0 Å². The highest BCUT2D eigenvalue weighted by molar-refractivity contribution is 6.04. The first-order valence-electron chi connectivity index (χ1n) is 6.73. The maximum atomic E-state index is 13.3. The summed E-state index contributed by atoms with van der Waals surface area (Å²) in [4.78, 5) is 26.7. The zero-order chi connectivity index (χ0) is 15.7. The topological polar surface area (TPSA) is 62.0 Å². The minimum absolute atomic E-state index is 0.0867. The van der Waals surface area contributed by atoms with Gasteiger partial charge in [0.25, 0.3) is 11.5 Å². The van der Waals surface area contributed by atoms with Crippen molar-refractivity contribution in [1.82, 2.24) is 4.98 Å². The third kappa shape index (κ3) is 2.74. The largest absolute Gasteiger partial charge is 0.321 e. The number of rotatable bonds is 2. The van der Waals surface area contributed by atoms with E-state index in [-0.39, 0.29) is 5.69 Å². The second-order valence-corrected chi connectivity index (χ2v) is 5.06. The fourth-order valence-corrected chi connectivity index (χ4v) is 2.20. The summed E-state index contributed by atoms with van der Waals surface area (Å²) in [6.45, 7) is 1.95. The molecule has 22 heavy (non-hydrogen) atoms. The molecular weight excluding hydrogens is 283 g/mol. The highest BCUT2D eigenvalue weighted by atomic mass is 19.1. The first-order chi connectivity index (χ1) is 10.5. The van der Waals surface area contributed by atoms with Gasteiger partial charge in [-0.05, 0) is 48.7 Å². The summed E-state index contributed by atoms with van der Waals surface area (Å²) in [7, 11) is 0. The van der Waals surface area contributed by atoms with Crippen LogP contribution in [-0.2, 0) is 0 Å². The quantitative estimate of drug-likeness (QED) is 0.762. The fraction of sp³-hybridized carbons (Fsp3) is 0.0588. The van der Waals surface area contributed by atoms with E-state index in [2.05, 4.69) is 10.3 Å². The molecule has 110 valence electrons. The zero-order valence-electron chi connectivity index (χ0n) is 11.8. The predicted octanol–water partition coefficient (Wildman–Crippen LogP) is 3.23. The van der Waals surface area contributed by atoms with E-state index in [9.17, 15) is 14.0 Å². The number of carbonyl (C=O) groups is 1. The zero-order valence-corrected chi connectivity index (χ0v) is 11.8. The molecule has 1 aromatic heterocycles. The highest BCUT2D eigenvalue weighted by Gasteiger charge is 2.10. The molecule has 0 saturated carbocycles. The van der Waals surface area contributed by atoms with Gasteiger partial charge in [0.15, 0.2) is 0 Å². The van der Waals surface area contributed by atoms with E-state index >= 15 is 0 Å². The van der Waals surface area contributed by atoms with Crippen LogP contribution >= 0.6 is 0 Å². The van der Waals surface area contributed by atoms with Crippen molar-refractivity contribution < 1.29 is 9.18 Å². The summed E-state index contributed by atoms with van der Waals surface area (Å²) in [6.07, 6.45) is 0. The van der Waals surface area contributed by atoms with Gasteiger partial charge < -0.3 is 10.3 Å². The molecule has 2 N–H and O–H groups in total. The normalized spacial score (nSPS) is 10.6. The van der Waals surface area contributed by atoms with E-state index in [1.807, 2.05) is 19.1 Å². The van der Waals surface area contributed by atoms with Crippen molar-refractivity contribution >= 4 is 22.4 Å². The number of aryl methyl sites for hydroxylation is 1. The maximum absolute atomic E-state index is 13.3. The van der Waals surface area contributed by atoms with Crippen molar-refractivity contribution in [2.75, 3.05) is 5.32 Å². The number of benzene rings is 2. The van der Waals surface area contributed by atoms with Crippen LogP contribution in [0, 0.1) is 12.7 Å². The lowest BCUT2D eigenvalue weighted by Gasteiger charge is -2.06. The first-order valence-corrected chi connectivity index (χ1v) is 6.73. The monoisotopic (exact) mass is 296 g/mol. The Balaban J connectivity index is 1.97. The van der Waals surface area contributed by atoms with Crippen molar-refractivity contribution in [2.45, 2.75) is 6.92 Å². The number of pyridine rings is 1. The summed E-state index contributed by atoms with van der Waals surface area (Å²) in [5, 5.41) is 3.42. The van der Waals surface area contributed by atoms with E-state index < -0.39 is 17.3 Å². The summed E-state index contributed by atoms with van der Waals surface area (Å²) in [6, 6.07) is 12.6. The lowest BCUT2D eigenvalue weighted by Crippen LogP contribution is -2.19. The second kappa shape index (κ2) is 5.44. The smallest absolute Gasteiger partial charge is 0.272 e. The van der Waals surface area contributed by atoms with Crippen molar-refractivity contribution in [3.8, 4) is 0 Å². The van der Waals surface area contributed by atoms with Gasteiger partial charge in [-0.15, -0.1) is 0 Å². The third-order valence-electron chi connectivity index (χ3n) is 3.36. The Bertz CT molecular complexity index is 914. The van der Waals surface area contributed by atoms with E-state index in [0.717, 1.165) is 5.56 Å². The molecule has 5 heteroatoms. The summed E-state index contributed by atoms with van der Waals surface area (Å²) in [5.41, 5.74) is 1.36. The molecule has 0 spiro atoms. The van der Waals surface area contributed by atoms with E-state index in [1.54, 1.807) is 12.1 Å². The molecule has 1 heterocycles. The molecule has 0 unspecified atom stereocenters. The molecule has 0 aliphatic rings. The van der Waals surface area contributed by atoms with Gasteiger partial charge >= 0.3 is 0 Å². The van der Waals surface area contributed by atoms with Crippen LogP contribution in [0.2, 0.25) is 0 Å². The standard InChI is InChI=1S/C17H13FN2O2/c1-10-2-5-13(6-3-10)19-17(22)15-9-11-8-12(18)4-7-14(11)16(21)20-15/h2-9H,1H3,(H,19,22)(H,20,21). The van der Waals surface area contributed by atoms with Crippen LogP contribution in [0.25, 0.3) is 10.8 Å². The van der Waals surface area contributed by atoms with Crippen LogP contribution < -0.4 is 10.9 Å². The number of amides is 1. The summed E-state index contributed by atoms with van der Waals surface area (Å²) < 4.78 is 13.3. The molecule has 0 saturated heterocycles. The number of H-pyrrole nitrogens is 1. The molecule has 0 bridgehead atoms. The van der Waals surface area contributed by atoms with Gasteiger partial charge in [-0.3, -0.25) is 9.59 Å². The second-order valence-electron chi connectivity index (χ2n) is 5.06. The minimum Gasteiger partial charge on any atom is -0.321 e. The summed E-state index contributed by atoms with van der Waals surface area (Å²) in [5.74, 6) is -0.907. The van der Waals surface area contributed by atoms with Crippen molar-refractivity contribution in [1.29, 1.82) is 0 Å². The number of hydrogen-bond acceptors (Lipinski definition) is 2. The van der Waals surface area contributed by atoms with Crippen LogP contribution in [0.15, 0.2) is 53.3 Å². The lowest BCUT2D eigenvalue weighted by molar-refractivity contribution is 0.102. The van der Waals surface area contributed by atoms with Gasteiger partial charge in [0, 0.05) is 11.1 Å². The van der Waals surface area contributed by atoms with Crippen LogP contribution in [-0.4, -0.2) is 10.9 Å². The molecule has 0 radical (unpaired) electrons. The molecule has 2 aromatic carbocycles. The van der Waals surface area contributed by atoms with Gasteiger partial charge in [-0.1, -0.05) is 17.7 Å². The van der Waals surface area contributed by atoms with E-state index in [0.29, 0.717) is 16.5 Å². The third-order valence-corrected chi connectivity index (χ3v) is 3.36. The van der Waals surface area contributed by atoms with Crippen LogP contribution in [0.1, 0.15) is 16.1 Å².